The van der Waals surface area contributed by atoms with Crippen LogP contribution < -0.4 is 10.5 Å². The predicted octanol–water partition coefficient (Wildman–Crippen LogP) is 4.04. The van der Waals surface area contributed by atoms with Crippen LogP contribution in [0, 0.1) is 0 Å². The molecule has 0 aliphatic rings. The molecule has 3 rings (SSSR count). The molecule has 0 aliphatic carbocycles. The van der Waals surface area contributed by atoms with Gasteiger partial charge in [-0.05, 0) is 18.2 Å². The number of benzene rings is 2. The van der Waals surface area contributed by atoms with E-state index in [4.69, 9.17) is 33.7 Å². The molecule has 0 fully saturated rings. The van der Waals surface area contributed by atoms with Gasteiger partial charge in [0.05, 0.1) is 28.4 Å². The van der Waals surface area contributed by atoms with Crippen molar-refractivity contribution in [2.75, 3.05) is 12.8 Å². The maximum atomic E-state index is 6.17. The van der Waals surface area contributed by atoms with E-state index in [9.17, 15) is 0 Å². The fraction of sp³-hybridized carbons (Fsp3) is 0.0667. The summed E-state index contributed by atoms with van der Waals surface area (Å²) in [5.74, 6) is 1.57. The average molecular weight is 335 g/mol. The van der Waals surface area contributed by atoms with Crippen molar-refractivity contribution in [1.82, 2.24) is 15.2 Å². The van der Waals surface area contributed by atoms with Crippen LogP contribution in [-0.4, -0.2) is 22.3 Å². The van der Waals surface area contributed by atoms with E-state index in [1.54, 1.807) is 25.3 Å². The van der Waals surface area contributed by atoms with E-state index in [0.29, 0.717) is 38.7 Å². The number of hydrogen-bond donors (Lipinski definition) is 2. The minimum atomic E-state index is 0.417. The van der Waals surface area contributed by atoms with Gasteiger partial charge in [0.2, 0.25) is 0 Å². The van der Waals surface area contributed by atoms with E-state index in [1.165, 1.54) is 0 Å². The molecule has 112 valence electrons. The molecule has 0 unspecified atom stereocenters. The largest absolute Gasteiger partial charge is 0.496 e. The topological polar surface area (TPSA) is 76.8 Å². The Morgan fingerprint density at radius 3 is 2.59 bits per heavy atom. The summed E-state index contributed by atoms with van der Waals surface area (Å²) < 4.78 is 5.32. The third kappa shape index (κ3) is 2.61. The molecule has 5 nitrogen and oxygen atoms in total. The summed E-state index contributed by atoms with van der Waals surface area (Å²) in [5, 5.41) is 8.09. The number of rotatable bonds is 3. The molecule has 3 aromatic rings. The lowest BCUT2D eigenvalue weighted by Gasteiger charge is -2.07. The minimum absolute atomic E-state index is 0.417. The standard InChI is InChI=1S/C15H12Cl2N4O/c1-22-13-7-12(18)11(17)6-9(13)15-19-14(20-21-15)8-4-2-3-5-10(8)16/h2-7H,18H2,1H3,(H,19,20,21). The first-order chi connectivity index (χ1) is 10.6. The Morgan fingerprint density at radius 2 is 1.86 bits per heavy atom. The summed E-state index contributed by atoms with van der Waals surface area (Å²) in [4.78, 5) is 4.46. The lowest BCUT2D eigenvalue weighted by atomic mass is 10.1. The molecule has 0 saturated heterocycles. The predicted molar refractivity (Wildman–Crippen MR) is 88.2 cm³/mol. The first-order valence-corrected chi connectivity index (χ1v) is 7.16. The summed E-state index contributed by atoms with van der Waals surface area (Å²) in [5.41, 5.74) is 7.63. The summed E-state index contributed by atoms with van der Waals surface area (Å²) in [6.45, 7) is 0. The number of nitrogen functional groups attached to an aromatic ring is 1. The quantitative estimate of drug-likeness (QED) is 0.708. The van der Waals surface area contributed by atoms with Gasteiger partial charge in [-0.3, -0.25) is 5.10 Å². The number of H-pyrrole nitrogens is 1. The molecule has 22 heavy (non-hydrogen) atoms. The highest BCUT2D eigenvalue weighted by molar-refractivity contribution is 6.33. The second kappa shape index (κ2) is 5.87. The number of hydrogen-bond acceptors (Lipinski definition) is 4. The van der Waals surface area contributed by atoms with Crippen molar-refractivity contribution >= 4 is 28.9 Å². The van der Waals surface area contributed by atoms with E-state index in [0.717, 1.165) is 5.56 Å². The van der Waals surface area contributed by atoms with Gasteiger partial charge in [-0.2, -0.15) is 5.10 Å². The molecular formula is C15H12Cl2N4O. The average Bonchev–Trinajstić information content (AvgIpc) is 2.99. The van der Waals surface area contributed by atoms with Crippen LogP contribution in [0.2, 0.25) is 10.0 Å². The van der Waals surface area contributed by atoms with E-state index in [1.807, 2.05) is 18.2 Å². The van der Waals surface area contributed by atoms with Crippen molar-refractivity contribution in [1.29, 1.82) is 0 Å². The van der Waals surface area contributed by atoms with Crippen molar-refractivity contribution in [3.8, 4) is 28.5 Å². The van der Waals surface area contributed by atoms with Crippen molar-refractivity contribution in [2.24, 2.45) is 0 Å². The molecule has 1 aromatic heterocycles. The second-order valence-electron chi connectivity index (χ2n) is 4.56. The molecule has 2 aromatic carbocycles. The molecule has 0 atom stereocenters. The minimum Gasteiger partial charge on any atom is -0.496 e. The maximum absolute atomic E-state index is 6.17. The monoisotopic (exact) mass is 334 g/mol. The highest BCUT2D eigenvalue weighted by Crippen LogP contribution is 2.35. The third-order valence-corrected chi connectivity index (χ3v) is 3.83. The van der Waals surface area contributed by atoms with Crippen LogP contribution in [-0.2, 0) is 0 Å². The van der Waals surface area contributed by atoms with Gasteiger partial charge in [-0.1, -0.05) is 35.3 Å². The van der Waals surface area contributed by atoms with Crippen molar-refractivity contribution in [2.45, 2.75) is 0 Å². The van der Waals surface area contributed by atoms with Gasteiger partial charge < -0.3 is 10.5 Å². The van der Waals surface area contributed by atoms with E-state index < -0.39 is 0 Å². The van der Waals surface area contributed by atoms with Crippen LogP contribution in [0.3, 0.4) is 0 Å². The molecule has 0 saturated carbocycles. The Bertz CT molecular complexity index is 832. The molecule has 0 amide bonds. The van der Waals surface area contributed by atoms with Crippen LogP contribution in [0.15, 0.2) is 36.4 Å². The van der Waals surface area contributed by atoms with Crippen LogP contribution in [0.1, 0.15) is 0 Å². The normalized spacial score (nSPS) is 10.7. The van der Waals surface area contributed by atoms with Gasteiger partial charge in [-0.15, -0.1) is 0 Å². The van der Waals surface area contributed by atoms with Gasteiger partial charge in [0.15, 0.2) is 11.6 Å². The van der Waals surface area contributed by atoms with Gasteiger partial charge in [0.25, 0.3) is 0 Å². The lowest BCUT2D eigenvalue weighted by molar-refractivity contribution is 0.416. The second-order valence-corrected chi connectivity index (χ2v) is 5.38. The Morgan fingerprint density at radius 1 is 1.09 bits per heavy atom. The highest BCUT2D eigenvalue weighted by atomic mass is 35.5. The number of nitrogens with zero attached hydrogens (tertiary/aromatic N) is 2. The fourth-order valence-corrected chi connectivity index (χ4v) is 2.46. The molecule has 0 spiro atoms. The number of halogens is 2. The van der Waals surface area contributed by atoms with Gasteiger partial charge in [0, 0.05) is 11.6 Å². The Balaban J connectivity index is 2.08. The van der Waals surface area contributed by atoms with E-state index in [-0.39, 0.29) is 0 Å². The first-order valence-electron chi connectivity index (χ1n) is 6.41. The summed E-state index contributed by atoms with van der Waals surface area (Å²) in [6.07, 6.45) is 0. The summed E-state index contributed by atoms with van der Waals surface area (Å²) >= 11 is 12.2. The number of ether oxygens (including phenoxy) is 1. The van der Waals surface area contributed by atoms with Crippen molar-refractivity contribution in [3.63, 3.8) is 0 Å². The summed E-state index contributed by atoms with van der Waals surface area (Å²) in [7, 11) is 1.55. The number of nitrogens with one attached hydrogen (secondary N) is 1. The molecule has 0 aliphatic heterocycles. The zero-order chi connectivity index (χ0) is 15.7. The maximum Gasteiger partial charge on any atom is 0.185 e. The van der Waals surface area contributed by atoms with E-state index in [2.05, 4.69) is 15.2 Å². The number of aromatic nitrogens is 3. The highest BCUT2D eigenvalue weighted by Gasteiger charge is 2.15. The van der Waals surface area contributed by atoms with Gasteiger partial charge in [0.1, 0.15) is 5.75 Å². The van der Waals surface area contributed by atoms with Crippen LogP contribution in [0.4, 0.5) is 5.69 Å². The zero-order valence-electron chi connectivity index (χ0n) is 11.6. The molecular weight excluding hydrogens is 323 g/mol. The Hall–Kier alpha value is -2.24. The number of methoxy groups -OCH3 is 1. The molecule has 1 heterocycles. The van der Waals surface area contributed by atoms with Crippen molar-refractivity contribution < 1.29 is 4.74 Å². The third-order valence-electron chi connectivity index (χ3n) is 3.17. The summed E-state index contributed by atoms with van der Waals surface area (Å²) in [6, 6.07) is 10.7. The van der Waals surface area contributed by atoms with Crippen molar-refractivity contribution in [3.05, 3.63) is 46.4 Å². The van der Waals surface area contributed by atoms with Gasteiger partial charge in [-0.25, -0.2) is 4.98 Å². The van der Waals surface area contributed by atoms with Crippen LogP contribution in [0.5, 0.6) is 5.75 Å². The number of aromatic amines is 1. The number of anilines is 1. The lowest BCUT2D eigenvalue weighted by Crippen LogP contribution is -1.94. The van der Waals surface area contributed by atoms with Crippen LogP contribution in [0.25, 0.3) is 22.8 Å². The molecule has 0 radical (unpaired) electrons. The molecule has 3 N–H and O–H groups in total. The number of nitrogens with two attached hydrogens (primary N) is 1. The fourth-order valence-electron chi connectivity index (χ4n) is 2.07. The molecule has 7 heteroatoms. The Kier molecular flexibility index (Phi) is 3.92. The van der Waals surface area contributed by atoms with E-state index >= 15 is 0 Å². The zero-order valence-corrected chi connectivity index (χ0v) is 13.1. The molecule has 0 bridgehead atoms. The van der Waals surface area contributed by atoms with Gasteiger partial charge >= 0.3 is 0 Å². The Labute approximate surface area is 137 Å². The van der Waals surface area contributed by atoms with Crippen LogP contribution >= 0.6 is 23.2 Å². The first kappa shape index (κ1) is 14.7. The smallest absolute Gasteiger partial charge is 0.185 e. The SMILES string of the molecule is COc1cc(N)c(Cl)cc1-c1n[nH]c(-c2ccccc2Cl)n1.